The third-order valence-electron chi connectivity index (χ3n) is 5.53. The van der Waals surface area contributed by atoms with Gasteiger partial charge in [0.25, 0.3) is 0 Å². The number of guanidine groups is 1. The van der Waals surface area contributed by atoms with Crippen LogP contribution in [0, 0.1) is 0 Å². The van der Waals surface area contributed by atoms with E-state index in [-0.39, 0.29) is 0 Å². The number of hydrogen-bond donors (Lipinski definition) is 2. The zero-order valence-corrected chi connectivity index (χ0v) is 19.5. The molecule has 0 spiro atoms. The van der Waals surface area contributed by atoms with Crippen molar-refractivity contribution in [2.75, 3.05) is 36.0 Å². The first-order chi connectivity index (χ1) is 15.8. The molecule has 6 nitrogen and oxygen atoms in total. The Balaban J connectivity index is 1.36. The van der Waals surface area contributed by atoms with E-state index in [0.717, 1.165) is 38.7 Å². The average Bonchev–Trinajstić information content (AvgIpc) is 3.36. The largest absolute Gasteiger partial charge is 0.370 e. The number of nitrogens with zero attached hydrogens (tertiary/aromatic N) is 4. The molecule has 0 bridgehead atoms. The summed E-state index contributed by atoms with van der Waals surface area (Å²) < 4.78 is 1.95. The van der Waals surface area contributed by atoms with Gasteiger partial charge in [0.2, 0.25) is 0 Å². The molecule has 2 aromatic carbocycles. The monoisotopic (exact) mass is 448 g/mol. The Hall–Kier alpha value is -2.93. The van der Waals surface area contributed by atoms with Crippen LogP contribution in [0.1, 0.15) is 23.6 Å². The molecule has 1 aliphatic heterocycles. The third-order valence-corrected chi connectivity index (χ3v) is 6.48. The number of anilines is 1. The Kier molecular flexibility index (Phi) is 8.09. The lowest BCUT2D eigenvalue weighted by Crippen LogP contribution is -2.37. The topological polar surface area (TPSA) is 57.5 Å². The molecule has 1 aliphatic rings. The minimum Gasteiger partial charge on any atom is -0.370 e. The van der Waals surface area contributed by atoms with Crippen LogP contribution in [0.3, 0.4) is 0 Å². The molecule has 1 fully saturated rings. The molecule has 0 unspecified atom stereocenters. The lowest BCUT2D eigenvalue weighted by Gasteiger charge is -2.28. The predicted octanol–water partition coefficient (Wildman–Crippen LogP) is 3.74. The van der Waals surface area contributed by atoms with E-state index in [4.69, 9.17) is 4.99 Å². The molecule has 1 saturated heterocycles. The summed E-state index contributed by atoms with van der Waals surface area (Å²) in [5.41, 5.74) is 5.04. The van der Waals surface area contributed by atoms with Gasteiger partial charge in [-0.3, -0.25) is 4.68 Å². The first-order valence-corrected chi connectivity index (χ1v) is 12.5. The van der Waals surface area contributed by atoms with Crippen LogP contribution in [-0.2, 0) is 19.6 Å². The van der Waals surface area contributed by atoms with Crippen molar-refractivity contribution in [3.63, 3.8) is 0 Å². The van der Waals surface area contributed by atoms with E-state index < -0.39 is 0 Å². The summed E-state index contributed by atoms with van der Waals surface area (Å²) in [4.78, 5) is 7.27. The Labute approximate surface area is 195 Å². The van der Waals surface area contributed by atoms with Crippen molar-refractivity contribution in [1.82, 2.24) is 20.4 Å². The molecule has 1 aromatic heterocycles. The second-order valence-corrected chi connectivity index (χ2v) is 9.01. The fraction of sp³-hybridized carbons (Fsp3) is 0.360. The number of nitrogens with one attached hydrogen (secondary N) is 2. The molecule has 0 radical (unpaired) electrons. The van der Waals surface area contributed by atoms with Crippen LogP contribution in [0.4, 0.5) is 5.69 Å². The fourth-order valence-corrected chi connectivity index (χ4v) is 4.68. The fourth-order valence-electron chi connectivity index (χ4n) is 3.78. The Bertz CT molecular complexity index is 978. The van der Waals surface area contributed by atoms with E-state index in [1.165, 1.54) is 33.9 Å². The van der Waals surface area contributed by atoms with Crippen LogP contribution < -0.4 is 15.5 Å². The van der Waals surface area contributed by atoms with E-state index >= 15 is 0 Å². The number of benzene rings is 2. The minimum atomic E-state index is 0.653. The van der Waals surface area contributed by atoms with E-state index in [0.29, 0.717) is 6.54 Å². The number of rotatable bonds is 8. The van der Waals surface area contributed by atoms with Crippen molar-refractivity contribution >= 4 is 23.4 Å². The van der Waals surface area contributed by atoms with E-state index in [1.54, 1.807) is 0 Å². The maximum absolute atomic E-state index is 4.81. The van der Waals surface area contributed by atoms with Crippen molar-refractivity contribution in [1.29, 1.82) is 0 Å². The quantitative estimate of drug-likeness (QED) is 0.406. The van der Waals surface area contributed by atoms with Gasteiger partial charge in [-0.2, -0.15) is 16.9 Å². The maximum atomic E-state index is 4.81. The molecule has 0 atom stereocenters. The summed E-state index contributed by atoms with van der Waals surface area (Å²) >= 11 is 2.04. The number of thioether (sulfide) groups is 1. The smallest absolute Gasteiger partial charge is 0.191 e. The van der Waals surface area contributed by atoms with Crippen molar-refractivity contribution < 1.29 is 0 Å². The lowest BCUT2D eigenvalue weighted by molar-refractivity contribution is 0.677. The van der Waals surface area contributed by atoms with Gasteiger partial charge in [0, 0.05) is 55.8 Å². The molecule has 3 aromatic rings. The lowest BCUT2D eigenvalue weighted by atomic mass is 10.1. The van der Waals surface area contributed by atoms with Gasteiger partial charge in [-0.1, -0.05) is 36.4 Å². The molecule has 32 heavy (non-hydrogen) atoms. The highest BCUT2D eigenvalue weighted by Gasteiger charge is 2.11. The Morgan fingerprint density at radius 3 is 2.50 bits per heavy atom. The van der Waals surface area contributed by atoms with E-state index in [1.807, 2.05) is 34.9 Å². The van der Waals surface area contributed by atoms with Gasteiger partial charge >= 0.3 is 0 Å². The highest BCUT2D eigenvalue weighted by Crippen LogP contribution is 2.20. The second kappa shape index (κ2) is 11.6. The molecule has 0 aliphatic carbocycles. The summed E-state index contributed by atoms with van der Waals surface area (Å²) in [5, 5.41) is 11.2. The van der Waals surface area contributed by atoms with E-state index in [2.05, 4.69) is 76.1 Å². The van der Waals surface area contributed by atoms with Gasteiger partial charge < -0.3 is 15.5 Å². The van der Waals surface area contributed by atoms with Crippen molar-refractivity contribution in [3.8, 4) is 0 Å². The molecule has 2 N–H and O–H groups in total. The number of hydrogen-bond acceptors (Lipinski definition) is 4. The van der Waals surface area contributed by atoms with Gasteiger partial charge in [0.1, 0.15) is 0 Å². The molecule has 168 valence electrons. The summed E-state index contributed by atoms with van der Waals surface area (Å²) in [7, 11) is 0. The van der Waals surface area contributed by atoms with E-state index in [9.17, 15) is 0 Å². The Morgan fingerprint density at radius 2 is 1.78 bits per heavy atom. The number of aliphatic imine (C=N–C) groups is 1. The summed E-state index contributed by atoms with van der Waals surface area (Å²) in [6.07, 6.45) is 3.81. The van der Waals surface area contributed by atoms with Gasteiger partial charge in [-0.05, 0) is 41.8 Å². The van der Waals surface area contributed by atoms with Gasteiger partial charge in [-0.15, -0.1) is 0 Å². The Morgan fingerprint density at radius 1 is 1.00 bits per heavy atom. The molecular weight excluding hydrogens is 416 g/mol. The molecular formula is C25H32N6S. The first-order valence-electron chi connectivity index (χ1n) is 11.3. The van der Waals surface area contributed by atoms with Gasteiger partial charge in [0.05, 0.1) is 13.1 Å². The zero-order valence-electron chi connectivity index (χ0n) is 18.7. The average molecular weight is 449 g/mol. The summed E-state index contributed by atoms with van der Waals surface area (Å²) in [6, 6.07) is 19.3. The normalized spacial score (nSPS) is 14.4. The van der Waals surface area contributed by atoms with Crippen LogP contribution in [0.2, 0.25) is 0 Å². The van der Waals surface area contributed by atoms with Crippen LogP contribution in [0.15, 0.2) is 72.0 Å². The molecule has 4 rings (SSSR count). The standard InChI is InChI=1S/C25H32N6S/c1-2-26-25(27-18-21-8-10-24(11-9-21)30-14-16-32-17-15-30)28-19-22-6-3-4-7-23(22)20-31-13-5-12-29-31/h3-13H,2,14-20H2,1H3,(H2,26,27,28). The first kappa shape index (κ1) is 22.3. The molecule has 2 heterocycles. The van der Waals surface area contributed by atoms with Crippen LogP contribution in [-0.4, -0.2) is 46.9 Å². The van der Waals surface area contributed by atoms with Gasteiger partial charge in [-0.25, -0.2) is 4.99 Å². The van der Waals surface area contributed by atoms with Crippen molar-refractivity contribution in [3.05, 3.63) is 83.7 Å². The molecule has 0 amide bonds. The zero-order chi connectivity index (χ0) is 22.0. The third kappa shape index (κ3) is 6.29. The molecule has 7 heteroatoms. The highest BCUT2D eigenvalue weighted by atomic mass is 32.2. The van der Waals surface area contributed by atoms with Gasteiger partial charge in [0.15, 0.2) is 5.96 Å². The second-order valence-electron chi connectivity index (χ2n) is 7.79. The summed E-state index contributed by atoms with van der Waals surface area (Å²) in [6.45, 7) is 7.33. The minimum absolute atomic E-state index is 0.653. The highest BCUT2D eigenvalue weighted by molar-refractivity contribution is 7.99. The van der Waals surface area contributed by atoms with Crippen LogP contribution in [0.5, 0.6) is 0 Å². The van der Waals surface area contributed by atoms with Crippen LogP contribution in [0.25, 0.3) is 0 Å². The van der Waals surface area contributed by atoms with Crippen LogP contribution >= 0.6 is 11.8 Å². The maximum Gasteiger partial charge on any atom is 0.191 e. The predicted molar refractivity (Wildman–Crippen MR) is 135 cm³/mol. The summed E-state index contributed by atoms with van der Waals surface area (Å²) in [5.74, 6) is 3.27. The van der Waals surface area contributed by atoms with Crippen molar-refractivity contribution in [2.45, 2.75) is 26.6 Å². The number of aromatic nitrogens is 2. The van der Waals surface area contributed by atoms with Crippen molar-refractivity contribution in [2.24, 2.45) is 4.99 Å². The SMILES string of the molecule is CCNC(=NCc1ccc(N2CCSCC2)cc1)NCc1ccccc1Cn1cccn1. The molecule has 0 saturated carbocycles.